The molecule has 1 aromatic carbocycles. The van der Waals surface area contributed by atoms with Gasteiger partial charge in [0.2, 0.25) is 5.91 Å². The maximum absolute atomic E-state index is 12.6. The molecule has 3 rings (SSSR count). The van der Waals surface area contributed by atoms with Crippen molar-refractivity contribution < 1.29 is 14.4 Å². The number of hydrogen-bond acceptors (Lipinski definition) is 4. The van der Waals surface area contributed by atoms with E-state index in [0.29, 0.717) is 25.1 Å². The van der Waals surface area contributed by atoms with E-state index in [4.69, 9.17) is 0 Å². The van der Waals surface area contributed by atoms with Crippen LogP contribution in [0, 0.1) is 0 Å². The second-order valence-electron chi connectivity index (χ2n) is 6.75. The molecule has 1 aromatic heterocycles. The predicted molar refractivity (Wildman–Crippen MR) is 105 cm³/mol. The van der Waals surface area contributed by atoms with E-state index in [9.17, 15) is 14.4 Å². The van der Waals surface area contributed by atoms with Crippen LogP contribution in [-0.2, 0) is 20.9 Å². The average Bonchev–Trinajstić information content (AvgIpc) is 3.37. The summed E-state index contributed by atoms with van der Waals surface area (Å²) in [6.45, 7) is 3.34. The summed E-state index contributed by atoms with van der Waals surface area (Å²) < 4.78 is 2.05. The van der Waals surface area contributed by atoms with Gasteiger partial charge < -0.3 is 20.1 Å². The summed E-state index contributed by atoms with van der Waals surface area (Å²) in [5.74, 6) is -0.874. The van der Waals surface area contributed by atoms with Crippen molar-refractivity contribution in [3.8, 4) is 11.4 Å². The number of hydrogen-bond donors (Lipinski definition) is 2. The minimum Gasteiger partial charge on any atom is -0.357 e. The van der Waals surface area contributed by atoms with Crippen molar-refractivity contribution in [2.45, 2.75) is 38.8 Å². The Hall–Kier alpha value is -3.16. The van der Waals surface area contributed by atoms with E-state index in [1.54, 1.807) is 18.3 Å². The number of aromatic nitrogens is 2. The molecule has 0 aliphatic carbocycles. The van der Waals surface area contributed by atoms with Gasteiger partial charge in [-0.2, -0.15) is 0 Å². The summed E-state index contributed by atoms with van der Waals surface area (Å²) in [6, 6.07) is 6.65. The van der Waals surface area contributed by atoms with Gasteiger partial charge >= 0.3 is 11.8 Å². The van der Waals surface area contributed by atoms with Crippen LogP contribution >= 0.6 is 0 Å². The molecule has 0 spiro atoms. The maximum Gasteiger partial charge on any atom is 0.313 e. The minimum atomic E-state index is -0.746. The zero-order valence-corrected chi connectivity index (χ0v) is 16.1. The standard InChI is InChI=1S/C20H25N5O3/c1-3-10-24-12-9-22-17(24)14-6-4-7-15(13-14)23-19(27)20(28)25-11-5-8-16(25)18(26)21-2/h4,6-7,9,12-13,16H,3,5,8,10-11H2,1-2H3,(H,21,26)(H,23,27)/t16-/m0/s1. The molecule has 2 heterocycles. The van der Waals surface area contributed by atoms with Crippen molar-refractivity contribution in [2.75, 3.05) is 18.9 Å². The van der Waals surface area contributed by atoms with Gasteiger partial charge in [0.05, 0.1) is 0 Å². The van der Waals surface area contributed by atoms with Crippen molar-refractivity contribution >= 4 is 23.4 Å². The highest BCUT2D eigenvalue weighted by Gasteiger charge is 2.36. The Morgan fingerprint density at radius 3 is 2.86 bits per heavy atom. The second-order valence-corrected chi connectivity index (χ2v) is 6.75. The highest BCUT2D eigenvalue weighted by Crippen LogP contribution is 2.22. The third-order valence-electron chi connectivity index (χ3n) is 4.82. The van der Waals surface area contributed by atoms with Gasteiger partial charge in [0.25, 0.3) is 0 Å². The van der Waals surface area contributed by atoms with Gasteiger partial charge in [0, 0.05) is 43.8 Å². The van der Waals surface area contributed by atoms with E-state index in [1.165, 1.54) is 11.9 Å². The first kappa shape index (κ1) is 19.6. The number of amides is 3. The minimum absolute atomic E-state index is 0.247. The number of likely N-dealkylation sites (N-methyl/N-ethyl adjacent to an activating group) is 1. The number of imidazole rings is 1. The highest BCUT2D eigenvalue weighted by atomic mass is 16.2. The number of carbonyl (C=O) groups is 3. The van der Waals surface area contributed by atoms with Crippen LogP contribution in [0.15, 0.2) is 36.7 Å². The Morgan fingerprint density at radius 1 is 1.29 bits per heavy atom. The number of nitrogens with one attached hydrogen (secondary N) is 2. The van der Waals surface area contributed by atoms with E-state index >= 15 is 0 Å². The predicted octanol–water partition coefficient (Wildman–Crippen LogP) is 1.64. The zero-order valence-electron chi connectivity index (χ0n) is 16.1. The number of benzene rings is 1. The van der Waals surface area contributed by atoms with Gasteiger partial charge in [-0.15, -0.1) is 0 Å². The lowest BCUT2D eigenvalue weighted by atomic mass is 10.2. The number of rotatable bonds is 5. The molecule has 1 saturated heterocycles. The number of nitrogens with zero attached hydrogens (tertiary/aromatic N) is 3. The van der Waals surface area contributed by atoms with Crippen LogP contribution in [-0.4, -0.2) is 51.8 Å². The molecular formula is C20H25N5O3. The molecule has 0 saturated carbocycles. The third kappa shape index (κ3) is 4.05. The van der Waals surface area contributed by atoms with Gasteiger partial charge in [-0.3, -0.25) is 14.4 Å². The van der Waals surface area contributed by atoms with E-state index in [2.05, 4.69) is 22.5 Å². The smallest absolute Gasteiger partial charge is 0.313 e. The van der Waals surface area contributed by atoms with Crippen molar-refractivity contribution in [2.24, 2.45) is 0 Å². The third-order valence-corrected chi connectivity index (χ3v) is 4.82. The van der Waals surface area contributed by atoms with Gasteiger partial charge in [0.15, 0.2) is 0 Å². The van der Waals surface area contributed by atoms with Gasteiger partial charge in [0.1, 0.15) is 11.9 Å². The Labute approximate surface area is 163 Å². The molecule has 0 radical (unpaired) electrons. The number of aryl methyl sites for hydroxylation is 1. The lowest BCUT2D eigenvalue weighted by molar-refractivity contribution is -0.146. The average molecular weight is 383 g/mol. The van der Waals surface area contributed by atoms with Crippen LogP contribution in [0.3, 0.4) is 0 Å². The summed E-state index contributed by atoms with van der Waals surface area (Å²) in [4.78, 5) is 42.7. The van der Waals surface area contributed by atoms with E-state index in [-0.39, 0.29) is 5.91 Å². The van der Waals surface area contributed by atoms with Gasteiger partial charge in [-0.1, -0.05) is 19.1 Å². The number of anilines is 1. The van der Waals surface area contributed by atoms with Crippen LogP contribution in [0.25, 0.3) is 11.4 Å². The summed E-state index contributed by atoms with van der Waals surface area (Å²) in [7, 11) is 1.53. The first-order chi connectivity index (χ1) is 13.5. The first-order valence-electron chi connectivity index (χ1n) is 9.50. The summed E-state index contributed by atoms with van der Waals surface area (Å²) in [6.07, 6.45) is 5.91. The molecule has 3 amide bonds. The van der Waals surface area contributed by atoms with Crippen molar-refractivity contribution in [1.82, 2.24) is 19.8 Å². The lowest BCUT2D eigenvalue weighted by Gasteiger charge is -2.22. The monoisotopic (exact) mass is 383 g/mol. The van der Waals surface area contributed by atoms with Crippen LogP contribution in [0.4, 0.5) is 5.69 Å². The van der Waals surface area contributed by atoms with Crippen LogP contribution in [0.1, 0.15) is 26.2 Å². The topological polar surface area (TPSA) is 96.3 Å². The SMILES string of the molecule is CCCn1ccnc1-c1cccc(NC(=O)C(=O)N2CCC[C@H]2C(=O)NC)c1. The number of carbonyl (C=O) groups excluding carboxylic acids is 3. The quantitative estimate of drug-likeness (QED) is 0.767. The Kier molecular flexibility index (Phi) is 6.08. The highest BCUT2D eigenvalue weighted by molar-refractivity contribution is 6.40. The molecule has 28 heavy (non-hydrogen) atoms. The summed E-state index contributed by atoms with van der Waals surface area (Å²) in [5, 5.41) is 5.20. The van der Waals surface area contributed by atoms with Crippen LogP contribution < -0.4 is 10.6 Å². The van der Waals surface area contributed by atoms with Crippen molar-refractivity contribution in [1.29, 1.82) is 0 Å². The molecule has 1 aliphatic heterocycles. The fourth-order valence-electron chi connectivity index (χ4n) is 3.49. The molecule has 8 heteroatoms. The van der Waals surface area contributed by atoms with E-state index in [1.807, 2.05) is 22.9 Å². The lowest BCUT2D eigenvalue weighted by Crippen LogP contribution is -2.48. The van der Waals surface area contributed by atoms with Crippen molar-refractivity contribution in [3.63, 3.8) is 0 Å². The van der Waals surface area contributed by atoms with Crippen LogP contribution in [0.5, 0.6) is 0 Å². The molecule has 1 fully saturated rings. The fraction of sp³-hybridized carbons (Fsp3) is 0.400. The first-order valence-corrected chi connectivity index (χ1v) is 9.50. The normalized spacial score (nSPS) is 16.1. The Morgan fingerprint density at radius 2 is 2.11 bits per heavy atom. The molecule has 1 atom stereocenters. The van der Waals surface area contributed by atoms with Crippen molar-refractivity contribution in [3.05, 3.63) is 36.7 Å². The summed E-state index contributed by atoms with van der Waals surface area (Å²) in [5.41, 5.74) is 1.37. The number of likely N-dealkylation sites (tertiary alicyclic amines) is 1. The fourth-order valence-corrected chi connectivity index (χ4v) is 3.49. The van der Waals surface area contributed by atoms with E-state index < -0.39 is 17.9 Å². The largest absolute Gasteiger partial charge is 0.357 e. The molecule has 2 aromatic rings. The molecule has 148 valence electrons. The Balaban J connectivity index is 1.73. The zero-order chi connectivity index (χ0) is 20.1. The maximum atomic E-state index is 12.6. The van der Waals surface area contributed by atoms with Gasteiger partial charge in [-0.25, -0.2) is 4.98 Å². The van der Waals surface area contributed by atoms with Crippen LogP contribution in [0.2, 0.25) is 0 Å². The Bertz CT molecular complexity index is 876. The molecule has 8 nitrogen and oxygen atoms in total. The molecular weight excluding hydrogens is 358 g/mol. The molecule has 0 unspecified atom stereocenters. The second kappa shape index (κ2) is 8.69. The molecule has 1 aliphatic rings. The summed E-state index contributed by atoms with van der Waals surface area (Å²) >= 11 is 0. The van der Waals surface area contributed by atoms with Gasteiger partial charge in [-0.05, 0) is 31.4 Å². The molecule has 0 bridgehead atoms. The van der Waals surface area contributed by atoms with E-state index in [0.717, 1.165) is 24.4 Å². The molecule has 2 N–H and O–H groups in total.